The average Bonchev–Trinajstić information content (AvgIpc) is 2.99. The Hall–Kier alpha value is -2.79. The average molecular weight is 453 g/mol. The van der Waals surface area contributed by atoms with E-state index >= 15 is 0 Å². The molecule has 0 aromatic heterocycles. The number of amides is 2. The van der Waals surface area contributed by atoms with Crippen LogP contribution in [-0.2, 0) is 9.59 Å². The van der Waals surface area contributed by atoms with E-state index in [0.717, 1.165) is 36.4 Å². The minimum atomic E-state index is -0.300. The number of hydrogen-bond acceptors (Lipinski definition) is 4. The summed E-state index contributed by atoms with van der Waals surface area (Å²) >= 11 is 6.13. The molecule has 0 radical (unpaired) electrons. The highest BCUT2D eigenvalue weighted by molar-refractivity contribution is 6.45. The minimum Gasteiger partial charge on any atom is -0.494 e. The fourth-order valence-electron chi connectivity index (χ4n) is 4.89. The highest BCUT2D eigenvalue weighted by atomic mass is 35.5. The van der Waals surface area contributed by atoms with Crippen molar-refractivity contribution in [3.05, 3.63) is 64.3 Å². The summed E-state index contributed by atoms with van der Waals surface area (Å²) in [6, 6.07) is 12.6. The van der Waals surface area contributed by atoms with Gasteiger partial charge in [-0.3, -0.25) is 9.59 Å². The lowest BCUT2D eigenvalue weighted by atomic mass is 9.91. The monoisotopic (exact) mass is 452 g/mol. The highest BCUT2D eigenvalue weighted by Crippen LogP contribution is 2.39. The van der Waals surface area contributed by atoms with Gasteiger partial charge in [0.2, 0.25) is 0 Å². The maximum atomic E-state index is 13.8. The number of imide groups is 1. The molecule has 1 fully saturated rings. The quantitative estimate of drug-likeness (QED) is 0.577. The Morgan fingerprint density at radius 2 is 1.66 bits per heavy atom. The molecule has 2 atom stereocenters. The molecule has 0 aliphatic carbocycles. The van der Waals surface area contributed by atoms with Crippen LogP contribution in [0.25, 0.3) is 5.57 Å². The predicted molar refractivity (Wildman–Crippen MR) is 128 cm³/mol. The SMILES string of the molecule is CCOc1ccc(C2=C(N3CC(C)CC(C)C3)C(=O)N(c3ccc(Cl)cc3C)C2=O)cc1. The molecule has 5 nitrogen and oxygen atoms in total. The van der Waals surface area contributed by atoms with E-state index < -0.39 is 0 Å². The molecule has 2 unspecified atom stereocenters. The third-order valence-corrected chi connectivity index (χ3v) is 6.33. The first kappa shape index (κ1) is 22.4. The zero-order valence-electron chi connectivity index (χ0n) is 19.0. The molecule has 2 aromatic rings. The third-order valence-electron chi connectivity index (χ3n) is 6.10. The Labute approximate surface area is 194 Å². The number of carbonyl (C=O) groups excluding carboxylic acids is 2. The molecule has 168 valence electrons. The Morgan fingerprint density at radius 3 is 2.25 bits per heavy atom. The van der Waals surface area contributed by atoms with E-state index in [4.69, 9.17) is 16.3 Å². The van der Waals surface area contributed by atoms with Crippen LogP contribution >= 0.6 is 11.6 Å². The largest absolute Gasteiger partial charge is 0.494 e. The second-order valence-corrected chi connectivity index (χ2v) is 9.34. The van der Waals surface area contributed by atoms with Gasteiger partial charge in [0, 0.05) is 18.1 Å². The van der Waals surface area contributed by atoms with Crippen molar-refractivity contribution in [3.8, 4) is 5.75 Å². The summed E-state index contributed by atoms with van der Waals surface area (Å²) in [7, 11) is 0. The summed E-state index contributed by atoms with van der Waals surface area (Å²) in [4.78, 5) is 30.9. The van der Waals surface area contributed by atoms with E-state index in [9.17, 15) is 9.59 Å². The molecule has 6 heteroatoms. The van der Waals surface area contributed by atoms with Crippen LogP contribution in [0.1, 0.15) is 38.3 Å². The van der Waals surface area contributed by atoms with Crippen molar-refractivity contribution in [2.24, 2.45) is 11.8 Å². The van der Waals surface area contributed by atoms with Gasteiger partial charge in [-0.15, -0.1) is 0 Å². The normalized spacial score (nSPS) is 21.5. The molecule has 0 saturated carbocycles. The van der Waals surface area contributed by atoms with Crippen molar-refractivity contribution >= 4 is 34.7 Å². The molecule has 4 rings (SSSR count). The van der Waals surface area contributed by atoms with E-state index in [1.165, 1.54) is 4.90 Å². The summed E-state index contributed by atoms with van der Waals surface area (Å²) in [6.07, 6.45) is 1.12. The number of aryl methyl sites for hydroxylation is 1. The van der Waals surface area contributed by atoms with Gasteiger partial charge in [-0.25, -0.2) is 4.90 Å². The van der Waals surface area contributed by atoms with Crippen molar-refractivity contribution < 1.29 is 14.3 Å². The first-order valence-corrected chi connectivity index (χ1v) is 11.5. The summed E-state index contributed by atoms with van der Waals surface area (Å²) in [5, 5.41) is 0.573. The summed E-state index contributed by atoms with van der Waals surface area (Å²) in [5.74, 6) is 1.06. The van der Waals surface area contributed by atoms with Gasteiger partial charge in [0.25, 0.3) is 11.8 Å². The van der Waals surface area contributed by atoms with Gasteiger partial charge in [-0.05, 0) is 73.6 Å². The van der Waals surface area contributed by atoms with Crippen molar-refractivity contribution in [3.63, 3.8) is 0 Å². The molecule has 32 heavy (non-hydrogen) atoms. The molecular formula is C26H29ClN2O3. The van der Waals surface area contributed by atoms with E-state index in [1.54, 1.807) is 18.2 Å². The lowest BCUT2D eigenvalue weighted by molar-refractivity contribution is -0.120. The van der Waals surface area contributed by atoms with E-state index in [-0.39, 0.29) is 11.8 Å². The van der Waals surface area contributed by atoms with Crippen molar-refractivity contribution in [2.45, 2.75) is 34.1 Å². The van der Waals surface area contributed by atoms with Gasteiger partial charge in [0.1, 0.15) is 11.4 Å². The zero-order chi connectivity index (χ0) is 23.0. The number of benzene rings is 2. The van der Waals surface area contributed by atoms with Crippen LogP contribution in [0.2, 0.25) is 5.02 Å². The Balaban J connectivity index is 1.82. The standard InChI is InChI=1S/C26H29ClN2O3/c1-5-32-21-9-6-19(7-10-21)23-24(28-14-16(2)12-17(3)15-28)26(31)29(25(23)30)22-11-8-20(27)13-18(22)4/h6-11,13,16-17H,5,12,14-15H2,1-4H3. The van der Waals surface area contributed by atoms with Crippen molar-refractivity contribution in [2.75, 3.05) is 24.6 Å². The van der Waals surface area contributed by atoms with Crippen LogP contribution in [0.3, 0.4) is 0 Å². The lowest BCUT2D eigenvalue weighted by Crippen LogP contribution is -2.42. The molecule has 0 spiro atoms. The first-order valence-electron chi connectivity index (χ1n) is 11.2. The van der Waals surface area contributed by atoms with Gasteiger partial charge >= 0.3 is 0 Å². The summed E-state index contributed by atoms with van der Waals surface area (Å²) in [5.41, 5.74) is 3.02. The number of anilines is 1. The molecular weight excluding hydrogens is 424 g/mol. The predicted octanol–water partition coefficient (Wildman–Crippen LogP) is 5.31. The lowest BCUT2D eigenvalue weighted by Gasteiger charge is -2.37. The van der Waals surface area contributed by atoms with Crippen LogP contribution in [0, 0.1) is 18.8 Å². The second kappa shape index (κ2) is 8.99. The smallest absolute Gasteiger partial charge is 0.282 e. The Bertz CT molecular complexity index is 1070. The number of carbonyl (C=O) groups is 2. The fourth-order valence-corrected chi connectivity index (χ4v) is 5.12. The van der Waals surface area contributed by atoms with Crippen molar-refractivity contribution in [1.82, 2.24) is 4.90 Å². The van der Waals surface area contributed by atoms with E-state index in [0.29, 0.717) is 40.4 Å². The van der Waals surface area contributed by atoms with Gasteiger partial charge in [-0.1, -0.05) is 37.6 Å². The minimum absolute atomic E-state index is 0.273. The van der Waals surface area contributed by atoms with Crippen LogP contribution in [0.5, 0.6) is 5.75 Å². The van der Waals surface area contributed by atoms with Gasteiger partial charge in [-0.2, -0.15) is 0 Å². The summed E-state index contributed by atoms with van der Waals surface area (Å²) in [6.45, 7) is 10.3. The maximum Gasteiger partial charge on any atom is 0.282 e. The Morgan fingerprint density at radius 1 is 1.00 bits per heavy atom. The van der Waals surface area contributed by atoms with Gasteiger partial charge in [0.15, 0.2) is 0 Å². The number of ether oxygens (including phenoxy) is 1. The van der Waals surface area contributed by atoms with Crippen molar-refractivity contribution in [1.29, 1.82) is 0 Å². The Kier molecular flexibility index (Phi) is 6.29. The molecule has 2 heterocycles. The maximum absolute atomic E-state index is 13.8. The third kappa shape index (κ3) is 4.14. The van der Waals surface area contributed by atoms with E-state index in [1.807, 2.05) is 38.1 Å². The molecule has 0 bridgehead atoms. The number of likely N-dealkylation sites (tertiary alicyclic amines) is 1. The molecule has 2 aliphatic rings. The molecule has 2 aromatic carbocycles. The number of rotatable bonds is 5. The topological polar surface area (TPSA) is 49.9 Å². The zero-order valence-corrected chi connectivity index (χ0v) is 19.8. The summed E-state index contributed by atoms with van der Waals surface area (Å²) < 4.78 is 5.56. The van der Waals surface area contributed by atoms with E-state index in [2.05, 4.69) is 18.7 Å². The fraction of sp³-hybridized carbons (Fsp3) is 0.385. The van der Waals surface area contributed by atoms with Crippen LogP contribution in [0.4, 0.5) is 5.69 Å². The first-order chi connectivity index (χ1) is 15.3. The molecule has 2 amide bonds. The van der Waals surface area contributed by atoms with Gasteiger partial charge < -0.3 is 9.64 Å². The van der Waals surface area contributed by atoms with Crippen LogP contribution in [0.15, 0.2) is 48.2 Å². The number of nitrogens with zero attached hydrogens (tertiary/aromatic N) is 2. The molecule has 1 saturated heterocycles. The van der Waals surface area contributed by atoms with Crippen LogP contribution < -0.4 is 9.64 Å². The second-order valence-electron chi connectivity index (χ2n) is 8.91. The molecule has 2 aliphatic heterocycles. The van der Waals surface area contributed by atoms with Gasteiger partial charge in [0.05, 0.1) is 17.9 Å². The van der Waals surface area contributed by atoms with Crippen LogP contribution in [-0.4, -0.2) is 36.4 Å². The number of hydrogen-bond donors (Lipinski definition) is 0. The molecule has 0 N–H and O–H groups in total. The number of halogens is 1. The number of piperidine rings is 1. The highest BCUT2D eigenvalue weighted by Gasteiger charge is 2.44.